The van der Waals surface area contributed by atoms with E-state index in [-0.39, 0.29) is 11.7 Å². The Balaban J connectivity index is 2.27. The number of Topliss-reactive ketones (excluding diaryl/α,β-unsaturated/α-hetero) is 1. The van der Waals surface area contributed by atoms with Crippen molar-refractivity contribution in [2.45, 2.75) is 38.5 Å². The molecule has 0 N–H and O–H groups in total. The van der Waals surface area contributed by atoms with Crippen LogP contribution >= 0.6 is 0 Å². The van der Waals surface area contributed by atoms with Gasteiger partial charge in [0, 0.05) is 20.0 Å². The van der Waals surface area contributed by atoms with Crippen LogP contribution in [-0.4, -0.2) is 30.2 Å². The van der Waals surface area contributed by atoms with Crippen molar-refractivity contribution in [3.63, 3.8) is 0 Å². The largest absolute Gasteiger partial charge is 0.345 e. The molecule has 1 saturated carbocycles. The molecule has 1 atom stereocenters. The first-order valence-electron chi connectivity index (χ1n) is 5.46. The van der Waals surface area contributed by atoms with E-state index in [9.17, 15) is 9.59 Å². The molecule has 2 fully saturated rings. The fourth-order valence-corrected chi connectivity index (χ4v) is 2.77. The van der Waals surface area contributed by atoms with Crippen LogP contribution in [0.25, 0.3) is 0 Å². The molecule has 1 aliphatic heterocycles. The van der Waals surface area contributed by atoms with Crippen LogP contribution in [0.1, 0.15) is 38.5 Å². The molecule has 1 amide bonds. The number of carbonyl (C=O) groups is 2. The predicted molar refractivity (Wildman–Crippen MR) is 52.8 cm³/mol. The van der Waals surface area contributed by atoms with E-state index in [2.05, 4.69) is 0 Å². The summed E-state index contributed by atoms with van der Waals surface area (Å²) >= 11 is 0. The van der Waals surface area contributed by atoms with E-state index in [1.165, 1.54) is 0 Å². The Kier molecular flexibility index (Phi) is 2.33. The van der Waals surface area contributed by atoms with Crippen molar-refractivity contribution in [1.29, 1.82) is 0 Å². The van der Waals surface area contributed by atoms with Crippen molar-refractivity contribution in [2.24, 2.45) is 5.41 Å². The van der Waals surface area contributed by atoms with Crippen LogP contribution < -0.4 is 0 Å². The number of rotatable bonds is 0. The van der Waals surface area contributed by atoms with Gasteiger partial charge in [-0.2, -0.15) is 0 Å². The summed E-state index contributed by atoms with van der Waals surface area (Å²) in [5.74, 6) is 0.272. The monoisotopic (exact) mass is 195 g/mol. The zero-order valence-electron chi connectivity index (χ0n) is 8.71. The Hall–Kier alpha value is -0.860. The van der Waals surface area contributed by atoms with Gasteiger partial charge in [0.25, 0.3) is 0 Å². The molecule has 1 aliphatic carbocycles. The van der Waals surface area contributed by atoms with Crippen molar-refractivity contribution < 1.29 is 9.59 Å². The third kappa shape index (κ3) is 1.26. The molecule has 0 unspecified atom stereocenters. The molecule has 2 rings (SSSR count). The summed E-state index contributed by atoms with van der Waals surface area (Å²) in [5, 5.41) is 0. The molecule has 0 radical (unpaired) electrons. The standard InChI is InChI=1S/C11H17NO2/c1-12-8-4-7-11(10(12)14)6-3-2-5-9(11)13/h2-8H2,1H3/t11-/m1/s1. The second-order valence-corrected chi connectivity index (χ2v) is 4.54. The highest BCUT2D eigenvalue weighted by atomic mass is 16.2. The number of carbonyl (C=O) groups excluding carboxylic acids is 2. The van der Waals surface area contributed by atoms with Crippen molar-refractivity contribution in [3.8, 4) is 0 Å². The zero-order chi connectivity index (χ0) is 10.2. The molecule has 3 nitrogen and oxygen atoms in total. The number of hydrogen-bond acceptors (Lipinski definition) is 2. The van der Waals surface area contributed by atoms with E-state index in [1.807, 2.05) is 7.05 Å². The quantitative estimate of drug-likeness (QED) is 0.547. The molecular formula is C11H17NO2. The molecule has 0 aromatic carbocycles. The van der Waals surface area contributed by atoms with Crippen molar-refractivity contribution in [2.75, 3.05) is 13.6 Å². The number of likely N-dealkylation sites (tertiary alicyclic amines) is 1. The van der Waals surface area contributed by atoms with E-state index in [0.717, 1.165) is 38.6 Å². The Labute approximate surface area is 84.5 Å². The summed E-state index contributed by atoms with van der Waals surface area (Å²) in [5.41, 5.74) is -0.606. The van der Waals surface area contributed by atoms with Crippen molar-refractivity contribution in [3.05, 3.63) is 0 Å². The Morgan fingerprint density at radius 1 is 1.14 bits per heavy atom. The van der Waals surface area contributed by atoms with Gasteiger partial charge in [-0.15, -0.1) is 0 Å². The molecule has 0 bridgehead atoms. The average molecular weight is 195 g/mol. The van der Waals surface area contributed by atoms with E-state index in [4.69, 9.17) is 0 Å². The smallest absolute Gasteiger partial charge is 0.236 e. The number of piperidine rings is 1. The Bertz CT molecular complexity index is 270. The maximum absolute atomic E-state index is 12.0. The van der Waals surface area contributed by atoms with Gasteiger partial charge in [-0.1, -0.05) is 6.42 Å². The van der Waals surface area contributed by atoms with Gasteiger partial charge in [0.05, 0.1) is 0 Å². The summed E-state index contributed by atoms with van der Waals surface area (Å²) in [4.78, 5) is 25.6. The van der Waals surface area contributed by atoms with Gasteiger partial charge in [0.2, 0.25) is 5.91 Å². The zero-order valence-corrected chi connectivity index (χ0v) is 8.71. The lowest BCUT2D eigenvalue weighted by atomic mass is 9.68. The summed E-state index contributed by atoms with van der Waals surface area (Å²) in [7, 11) is 1.81. The fraction of sp³-hybridized carbons (Fsp3) is 0.818. The van der Waals surface area contributed by atoms with E-state index in [1.54, 1.807) is 4.90 Å². The molecule has 0 aromatic heterocycles. The van der Waals surface area contributed by atoms with Gasteiger partial charge >= 0.3 is 0 Å². The summed E-state index contributed by atoms with van der Waals surface area (Å²) < 4.78 is 0. The predicted octanol–water partition coefficient (Wildman–Crippen LogP) is 1.37. The molecule has 3 heteroatoms. The SMILES string of the molecule is CN1CCC[C@@]2(CCCCC2=O)C1=O. The van der Waals surface area contributed by atoms with E-state index in [0.29, 0.717) is 6.42 Å². The van der Waals surface area contributed by atoms with E-state index >= 15 is 0 Å². The van der Waals surface area contributed by atoms with Gasteiger partial charge in [0.1, 0.15) is 11.2 Å². The van der Waals surface area contributed by atoms with Gasteiger partial charge in [-0.05, 0) is 25.7 Å². The van der Waals surface area contributed by atoms with Crippen molar-refractivity contribution >= 4 is 11.7 Å². The van der Waals surface area contributed by atoms with Crippen LogP contribution in [0, 0.1) is 5.41 Å². The first-order chi connectivity index (χ1) is 6.67. The van der Waals surface area contributed by atoms with Gasteiger partial charge in [0.15, 0.2) is 0 Å². The highest BCUT2D eigenvalue weighted by Crippen LogP contribution is 2.41. The first kappa shape index (κ1) is 9.69. The minimum Gasteiger partial charge on any atom is -0.345 e. The fourth-order valence-electron chi connectivity index (χ4n) is 2.77. The van der Waals surface area contributed by atoms with Crippen LogP contribution in [0.5, 0.6) is 0 Å². The third-order valence-electron chi connectivity index (χ3n) is 3.64. The molecule has 0 aromatic rings. The second kappa shape index (κ2) is 3.37. The van der Waals surface area contributed by atoms with Crippen LogP contribution in [0.15, 0.2) is 0 Å². The third-order valence-corrected chi connectivity index (χ3v) is 3.64. The Morgan fingerprint density at radius 2 is 1.86 bits per heavy atom. The molecule has 14 heavy (non-hydrogen) atoms. The maximum Gasteiger partial charge on any atom is 0.236 e. The first-order valence-corrected chi connectivity index (χ1v) is 5.46. The topological polar surface area (TPSA) is 37.4 Å². The maximum atomic E-state index is 12.0. The number of nitrogens with zero attached hydrogens (tertiary/aromatic N) is 1. The van der Waals surface area contributed by atoms with Crippen molar-refractivity contribution in [1.82, 2.24) is 4.90 Å². The number of amides is 1. The number of ketones is 1. The van der Waals surface area contributed by atoms with Crippen LogP contribution in [0.2, 0.25) is 0 Å². The molecule has 78 valence electrons. The molecular weight excluding hydrogens is 178 g/mol. The molecule has 2 aliphatic rings. The highest BCUT2D eigenvalue weighted by Gasteiger charge is 2.49. The van der Waals surface area contributed by atoms with Gasteiger partial charge in [-0.25, -0.2) is 0 Å². The lowest BCUT2D eigenvalue weighted by Crippen LogP contribution is -2.52. The Morgan fingerprint density at radius 3 is 2.57 bits per heavy atom. The van der Waals surface area contributed by atoms with Crippen LogP contribution in [0.3, 0.4) is 0 Å². The van der Waals surface area contributed by atoms with Gasteiger partial charge < -0.3 is 4.90 Å². The van der Waals surface area contributed by atoms with Gasteiger partial charge in [-0.3, -0.25) is 9.59 Å². The summed E-state index contributed by atoms with van der Waals surface area (Å²) in [6, 6.07) is 0. The number of hydrogen-bond donors (Lipinski definition) is 0. The lowest BCUT2D eigenvalue weighted by molar-refractivity contribution is -0.155. The highest BCUT2D eigenvalue weighted by molar-refractivity contribution is 6.06. The minimum atomic E-state index is -0.606. The second-order valence-electron chi connectivity index (χ2n) is 4.54. The summed E-state index contributed by atoms with van der Waals surface area (Å²) in [6.45, 7) is 0.813. The molecule has 1 saturated heterocycles. The minimum absolute atomic E-state index is 0.0773. The van der Waals surface area contributed by atoms with Crippen LogP contribution in [0.4, 0.5) is 0 Å². The van der Waals surface area contributed by atoms with Crippen LogP contribution in [-0.2, 0) is 9.59 Å². The molecule has 1 spiro atoms. The van der Waals surface area contributed by atoms with E-state index < -0.39 is 5.41 Å². The molecule has 1 heterocycles. The average Bonchev–Trinajstić information content (AvgIpc) is 2.18. The lowest BCUT2D eigenvalue weighted by Gasteiger charge is -2.41. The summed E-state index contributed by atoms with van der Waals surface area (Å²) in [6.07, 6.45) is 5.17. The normalized spacial score (nSPS) is 33.9.